The maximum Gasteiger partial charge on any atom is 0.308 e. The molecule has 2 nitrogen and oxygen atoms in total. The lowest BCUT2D eigenvalue weighted by Gasteiger charge is -2.20. The van der Waals surface area contributed by atoms with E-state index in [-0.39, 0.29) is 5.97 Å². The first-order valence-corrected chi connectivity index (χ1v) is 6.82. The first-order valence-electron chi connectivity index (χ1n) is 6.82. The van der Waals surface area contributed by atoms with E-state index in [1.165, 1.54) is 25.3 Å². The number of benzene rings is 1. The summed E-state index contributed by atoms with van der Waals surface area (Å²) in [7, 11) is 0. The Hall–Kier alpha value is -1.31. The van der Waals surface area contributed by atoms with Gasteiger partial charge in [0.25, 0.3) is 0 Å². The van der Waals surface area contributed by atoms with Crippen LogP contribution < -0.4 is 4.74 Å². The maximum atomic E-state index is 11.3. The van der Waals surface area contributed by atoms with Gasteiger partial charge in [-0.2, -0.15) is 0 Å². The highest BCUT2D eigenvalue weighted by Gasteiger charge is 2.31. The Morgan fingerprint density at radius 3 is 2.33 bits per heavy atom. The minimum Gasteiger partial charge on any atom is -0.426 e. The van der Waals surface area contributed by atoms with Crippen molar-refractivity contribution in [2.75, 3.05) is 0 Å². The molecule has 18 heavy (non-hydrogen) atoms. The van der Waals surface area contributed by atoms with E-state index in [2.05, 4.69) is 39.0 Å². The minimum absolute atomic E-state index is 0.229. The summed E-state index contributed by atoms with van der Waals surface area (Å²) in [6.07, 6.45) is 2.60. The fourth-order valence-electron chi connectivity index (χ4n) is 2.50. The van der Waals surface area contributed by atoms with E-state index in [9.17, 15) is 4.79 Å². The van der Waals surface area contributed by atoms with Crippen molar-refractivity contribution in [2.24, 2.45) is 5.92 Å². The molecule has 2 rings (SSSR count). The van der Waals surface area contributed by atoms with E-state index in [4.69, 9.17) is 4.74 Å². The molecule has 1 aromatic rings. The Balaban J connectivity index is 2.42. The number of hydrogen-bond acceptors (Lipinski definition) is 2. The molecule has 1 aliphatic carbocycles. The van der Waals surface area contributed by atoms with Gasteiger partial charge in [0.1, 0.15) is 5.75 Å². The SMILES string of the molecule is CC(=O)Oc1c(C(C)C)cccc1C(C)C1CC1. The first kappa shape index (κ1) is 13.1. The largest absolute Gasteiger partial charge is 0.426 e. The first-order chi connectivity index (χ1) is 8.50. The Labute approximate surface area is 109 Å². The van der Waals surface area contributed by atoms with Gasteiger partial charge in [0.15, 0.2) is 0 Å². The molecular weight excluding hydrogens is 224 g/mol. The standard InChI is InChI=1S/C16H22O2/c1-10(2)14-6-5-7-15(11(3)13-8-9-13)16(14)18-12(4)17/h5-7,10-11,13H,8-9H2,1-4H3. The van der Waals surface area contributed by atoms with Crippen LogP contribution in [-0.2, 0) is 4.79 Å². The van der Waals surface area contributed by atoms with Gasteiger partial charge in [0.2, 0.25) is 0 Å². The van der Waals surface area contributed by atoms with Crippen LogP contribution in [0.25, 0.3) is 0 Å². The summed E-state index contributed by atoms with van der Waals surface area (Å²) in [5.41, 5.74) is 2.33. The van der Waals surface area contributed by atoms with Gasteiger partial charge in [0, 0.05) is 6.92 Å². The number of rotatable bonds is 4. The Bertz CT molecular complexity index is 444. The molecule has 1 saturated carbocycles. The highest BCUT2D eigenvalue weighted by Crippen LogP contribution is 2.46. The third-order valence-electron chi connectivity index (χ3n) is 3.76. The van der Waals surface area contributed by atoms with Crippen LogP contribution in [0.4, 0.5) is 0 Å². The van der Waals surface area contributed by atoms with Gasteiger partial charge in [0.05, 0.1) is 0 Å². The zero-order valence-corrected chi connectivity index (χ0v) is 11.7. The third kappa shape index (κ3) is 2.74. The van der Waals surface area contributed by atoms with Crippen LogP contribution in [0.1, 0.15) is 63.5 Å². The number of esters is 1. The van der Waals surface area contributed by atoms with Crippen molar-refractivity contribution < 1.29 is 9.53 Å². The average molecular weight is 246 g/mol. The Morgan fingerprint density at radius 1 is 1.22 bits per heavy atom. The molecule has 1 unspecified atom stereocenters. The zero-order chi connectivity index (χ0) is 13.3. The average Bonchev–Trinajstić information content (AvgIpc) is 3.11. The lowest BCUT2D eigenvalue weighted by molar-refractivity contribution is -0.132. The lowest BCUT2D eigenvalue weighted by Crippen LogP contribution is -2.09. The smallest absolute Gasteiger partial charge is 0.308 e. The Morgan fingerprint density at radius 2 is 1.83 bits per heavy atom. The van der Waals surface area contributed by atoms with Crippen LogP contribution in [0, 0.1) is 5.92 Å². The van der Waals surface area contributed by atoms with Gasteiger partial charge in [-0.25, -0.2) is 0 Å². The van der Waals surface area contributed by atoms with Crippen LogP contribution >= 0.6 is 0 Å². The second-order valence-corrected chi connectivity index (χ2v) is 5.64. The molecule has 0 heterocycles. The van der Waals surface area contributed by atoms with Crippen molar-refractivity contribution >= 4 is 5.97 Å². The molecule has 1 aromatic carbocycles. The monoisotopic (exact) mass is 246 g/mol. The van der Waals surface area contributed by atoms with Crippen molar-refractivity contribution in [2.45, 2.75) is 52.4 Å². The van der Waals surface area contributed by atoms with Gasteiger partial charge >= 0.3 is 5.97 Å². The number of hydrogen-bond donors (Lipinski definition) is 0. The molecule has 0 N–H and O–H groups in total. The molecular formula is C16H22O2. The molecule has 2 heteroatoms. The molecule has 98 valence electrons. The fraction of sp³-hybridized carbons (Fsp3) is 0.562. The van der Waals surface area contributed by atoms with Gasteiger partial charge in [-0.1, -0.05) is 39.0 Å². The van der Waals surface area contributed by atoms with Crippen LogP contribution in [0.3, 0.4) is 0 Å². The van der Waals surface area contributed by atoms with Gasteiger partial charge in [-0.3, -0.25) is 4.79 Å². The van der Waals surface area contributed by atoms with Crippen molar-refractivity contribution in [3.05, 3.63) is 29.3 Å². The van der Waals surface area contributed by atoms with Gasteiger partial charge < -0.3 is 4.74 Å². The maximum absolute atomic E-state index is 11.3. The summed E-state index contributed by atoms with van der Waals surface area (Å²) in [5, 5.41) is 0. The molecule has 0 aromatic heterocycles. The van der Waals surface area contributed by atoms with Crippen molar-refractivity contribution in [3.8, 4) is 5.75 Å². The van der Waals surface area contributed by atoms with E-state index < -0.39 is 0 Å². The normalized spacial score (nSPS) is 16.7. The number of ether oxygens (including phenoxy) is 1. The van der Waals surface area contributed by atoms with Crippen LogP contribution in [0.5, 0.6) is 5.75 Å². The highest BCUT2D eigenvalue weighted by atomic mass is 16.5. The zero-order valence-electron chi connectivity index (χ0n) is 11.7. The molecule has 1 atom stereocenters. The minimum atomic E-state index is -0.229. The van der Waals surface area contributed by atoms with Crippen molar-refractivity contribution in [3.63, 3.8) is 0 Å². The quantitative estimate of drug-likeness (QED) is 0.586. The predicted octanol–water partition coefficient (Wildman–Crippen LogP) is 4.25. The van der Waals surface area contributed by atoms with E-state index in [0.717, 1.165) is 17.2 Å². The van der Waals surface area contributed by atoms with E-state index >= 15 is 0 Å². The summed E-state index contributed by atoms with van der Waals surface area (Å²) in [5.74, 6) is 2.19. The second-order valence-electron chi connectivity index (χ2n) is 5.64. The van der Waals surface area contributed by atoms with E-state index in [1.807, 2.05) is 0 Å². The topological polar surface area (TPSA) is 26.3 Å². The van der Waals surface area contributed by atoms with E-state index in [0.29, 0.717) is 11.8 Å². The summed E-state index contributed by atoms with van der Waals surface area (Å²) in [4.78, 5) is 11.3. The lowest BCUT2D eigenvalue weighted by atomic mass is 9.90. The highest BCUT2D eigenvalue weighted by molar-refractivity contribution is 5.70. The number of carbonyl (C=O) groups is 1. The number of para-hydroxylation sites is 1. The van der Waals surface area contributed by atoms with Crippen molar-refractivity contribution in [1.82, 2.24) is 0 Å². The fourth-order valence-corrected chi connectivity index (χ4v) is 2.50. The molecule has 1 fully saturated rings. The van der Waals surface area contributed by atoms with Crippen LogP contribution in [0.2, 0.25) is 0 Å². The summed E-state index contributed by atoms with van der Waals surface area (Å²) >= 11 is 0. The van der Waals surface area contributed by atoms with Gasteiger partial charge in [-0.05, 0) is 41.7 Å². The van der Waals surface area contributed by atoms with Crippen molar-refractivity contribution in [1.29, 1.82) is 0 Å². The molecule has 0 amide bonds. The third-order valence-corrected chi connectivity index (χ3v) is 3.76. The van der Waals surface area contributed by atoms with E-state index in [1.54, 1.807) is 0 Å². The molecule has 0 saturated heterocycles. The molecule has 0 radical (unpaired) electrons. The second kappa shape index (κ2) is 5.13. The van der Waals surface area contributed by atoms with Crippen LogP contribution in [0.15, 0.2) is 18.2 Å². The molecule has 1 aliphatic rings. The summed E-state index contributed by atoms with van der Waals surface area (Å²) < 4.78 is 5.50. The molecule has 0 bridgehead atoms. The Kier molecular flexibility index (Phi) is 3.74. The summed E-state index contributed by atoms with van der Waals surface area (Å²) in [6.45, 7) is 7.98. The van der Waals surface area contributed by atoms with Crippen LogP contribution in [-0.4, -0.2) is 5.97 Å². The van der Waals surface area contributed by atoms with Gasteiger partial charge in [-0.15, -0.1) is 0 Å². The predicted molar refractivity (Wildman–Crippen MR) is 73.0 cm³/mol. The summed E-state index contributed by atoms with van der Waals surface area (Å²) in [6, 6.07) is 6.25. The molecule has 0 aliphatic heterocycles. The molecule has 0 spiro atoms. The number of carbonyl (C=O) groups excluding carboxylic acids is 1.